The van der Waals surface area contributed by atoms with Gasteiger partial charge in [-0.05, 0) is 54.1 Å². The maximum absolute atomic E-state index is 12.1. The number of carbonyl (C=O) groups is 1. The lowest BCUT2D eigenvalue weighted by Gasteiger charge is -2.39. The number of halogens is 4. The Bertz CT molecular complexity index is 1450. The van der Waals surface area contributed by atoms with E-state index in [2.05, 4.69) is 32.3 Å². The van der Waals surface area contributed by atoms with Crippen molar-refractivity contribution in [1.29, 1.82) is 5.26 Å². The summed E-state index contributed by atoms with van der Waals surface area (Å²) in [6.07, 6.45) is 0.0401. The molecule has 0 bridgehead atoms. The standard InChI is InChI=1S/C27H24Cl4N8O2/c28-18-3-1-4-19(29)17(18)13-27(37-23-20(30)5-2-6-21(23)31)38-25(34-16-9-7-15(14-32)8-10-16)36-26(39-27)35-22(11-12-40)24(33)41/h1-10,22,37,40H,11-13H2,(H2,33,41)(H3,34,35,36,38,39). The molecule has 2 unspecified atom stereocenters. The summed E-state index contributed by atoms with van der Waals surface area (Å²) >= 11 is 26.2. The first kappa shape index (κ1) is 30.2. The van der Waals surface area contributed by atoms with Crippen LogP contribution in [0.15, 0.2) is 70.6 Å². The molecule has 1 aliphatic heterocycles. The Morgan fingerprint density at radius 3 is 2.22 bits per heavy atom. The van der Waals surface area contributed by atoms with Crippen molar-refractivity contribution in [2.24, 2.45) is 15.7 Å². The van der Waals surface area contributed by atoms with Crippen LogP contribution in [0.4, 0.5) is 11.4 Å². The van der Waals surface area contributed by atoms with E-state index in [1.807, 2.05) is 0 Å². The molecular weight excluding hydrogens is 610 g/mol. The van der Waals surface area contributed by atoms with E-state index < -0.39 is 17.7 Å². The van der Waals surface area contributed by atoms with E-state index in [4.69, 9.17) is 62.4 Å². The van der Waals surface area contributed by atoms with Gasteiger partial charge in [-0.15, -0.1) is 0 Å². The van der Waals surface area contributed by atoms with Crippen LogP contribution in [0, 0.1) is 11.3 Å². The van der Waals surface area contributed by atoms with Gasteiger partial charge in [0.2, 0.25) is 23.6 Å². The van der Waals surface area contributed by atoms with Gasteiger partial charge in [0.25, 0.3) is 0 Å². The summed E-state index contributed by atoms with van der Waals surface area (Å²) in [5.41, 5.74) is 7.52. The molecule has 0 radical (unpaired) electrons. The van der Waals surface area contributed by atoms with Crippen molar-refractivity contribution in [1.82, 2.24) is 10.6 Å². The van der Waals surface area contributed by atoms with Crippen LogP contribution in [0.25, 0.3) is 0 Å². The minimum Gasteiger partial charge on any atom is -0.396 e. The molecule has 0 saturated carbocycles. The van der Waals surface area contributed by atoms with Crippen molar-refractivity contribution in [3.05, 3.63) is 91.9 Å². The fourth-order valence-electron chi connectivity index (χ4n) is 3.99. The molecule has 0 saturated heterocycles. The number of nitrogens with zero attached hydrogens (tertiary/aromatic N) is 3. The predicted molar refractivity (Wildman–Crippen MR) is 164 cm³/mol. The number of aliphatic hydroxyl groups is 1. The van der Waals surface area contributed by atoms with E-state index in [0.29, 0.717) is 42.6 Å². The number of guanidine groups is 2. The molecule has 1 amide bonds. The number of nitriles is 1. The first-order chi connectivity index (χ1) is 19.6. The van der Waals surface area contributed by atoms with Crippen LogP contribution in [0.5, 0.6) is 0 Å². The Balaban J connectivity index is 1.88. The number of nitrogens with one attached hydrogen (secondary N) is 4. The van der Waals surface area contributed by atoms with Gasteiger partial charge in [-0.1, -0.05) is 58.5 Å². The number of anilines is 2. The predicted octanol–water partition coefficient (Wildman–Crippen LogP) is 4.73. The minimum absolute atomic E-state index is 0.00910. The third kappa shape index (κ3) is 7.52. The van der Waals surface area contributed by atoms with Gasteiger partial charge in [-0.2, -0.15) is 5.26 Å². The zero-order valence-electron chi connectivity index (χ0n) is 21.3. The van der Waals surface area contributed by atoms with E-state index in [1.54, 1.807) is 60.7 Å². The van der Waals surface area contributed by atoms with Crippen LogP contribution in [-0.4, -0.2) is 41.4 Å². The number of aliphatic hydroxyl groups excluding tert-OH is 1. The van der Waals surface area contributed by atoms with Gasteiger partial charge >= 0.3 is 0 Å². The zero-order chi connectivity index (χ0) is 29.6. The van der Waals surface area contributed by atoms with Crippen molar-refractivity contribution >= 4 is 75.6 Å². The molecule has 0 spiro atoms. The topological polar surface area (TPSA) is 160 Å². The van der Waals surface area contributed by atoms with Gasteiger partial charge in [0.1, 0.15) is 6.04 Å². The lowest BCUT2D eigenvalue weighted by atomic mass is 10.0. The highest BCUT2D eigenvalue weighted by Gasteiger charge is 2.38. The molecule has 1 heterocycles. The summed E-state index contributed by atoms with van der Waals surface area (Å²) in [6, 6.07) is 17.8. The second-order valence-electron chi connectivity index (χ2n) is 8.89. The van der Waals surface area contributed by atoms with Crippen molar-refractivity contribution < 1.29 is 9.90 Å². The maximum Gasteiger partial charge on any atom is 0.242 e. The fraction of sp³-hybridized carbons (Fsp3) is 0.185. The van der Waals surface area contributed by atoms with Crippen molar-refractivity contribution in [2.75, 3.05) is 17.2 Å². The smallest absolute Gasteiger partial charge is 0.242 e. The number of hydrogen-bond acceptors (Lipinski definition) is 7. The molecule has 3 aromatic carbocycles. The molecule has 0 fully saturated rings. The van der Waals surface area contributed by atoms with Gasteiger partial charge in [0, 0.05) is 35.2 Å². The summed E-state index contributed by atoms with van der Waals surface area (Å²) in [4.78, 5) is 21.4. The van der Waals surface area contributed by atoms with Crippen LogP contribution in [0.2, 0.25) is 20.1 Å². The molecule has 4 rings (SSSR count). The van der Waals surface area contributed by atoms with Gasteiger partial charge < -0.3 is 26.8 Å². The van der Waals surface area contributed by atoms with Crippen LogP contribution in [0.3, 0.4) is 0 Å². The molecule has 41 heavy (non-hydrogen) atoms. The maximum atomic E-state index is 12.1. The highest BCUT2D eigenvalue weighted by atomic mass is 35.5. The first-order valence-electron chi connectivity index (χ1n) is 12.2. The molecule has 0 aliphatic carbocycles. The summed E-state index contributed by atoms with van der Waals surface area (Å²) in [6.45, 7) is -0.317. The van der Waals surface area contributed by atoms with Gasteiger partial charge in [-0.25, -0.2) is 9.98 Å². The molecule has 7 N–H and O–H groups in total. The van der Waals surface area contributed by atoms with E-state index in [0.717, 1.165) is 0 Å². The lowest BCUT2D eigenvalue weighted by Crippen LogP contribution is -2.64. The van der Waals surface area contributed by atoms with Crippen LogP contribution in [-0.2, 0) is 11.2 Å². The number of amides is 1. The third-order valence-electron chi connectivity index (χ3n) is 5.95. The largest absolute Gasteiger partial charge is 0.396 e. The molecule has 14 heteroatoms. The summed E-state index contributed by atoms with van der Waals surface area (Å²) in [5, 5.41) is 32.7. The highest BCUT2D eigenvalue weighted by Crippen LogP contribution is 2.35. The van der Waals surface area contributed by atoms with Crippen LogP contribution in [0.1, 0.15) is 17.5 Å². The van der Waals surface area contributed by atoms with Crippen molar-refractivity contribution in [3.63, 3.8) is 0 Å². The third-order valence-corrected chi connectivity index (χ3v) is 7.28. The number of carbonyl (C=O) groups excluding carboxylic acids is 1. The summed E-state index contributed by atoms with van der Waals surface area (Å²) in [7, 11) is 0. The van der Waals surface area contributed by atoms with Crippen molar-refractivity contribution in [3.8, 4) is 6.07 Å². The Morgan fingerprint density at radius 2 is 1.66 bits per heavy atom. The molecular formula is C27H24Cl4N8O2. The average molecular weight is 634 g/mol. The quantitative estimate of drug-likeness (QED) is 0.199. The minimum atomic E-state index is -1.48. The number of para-hydroxylation sites is 1. The Hall–Kier alpha value is -3.72. The number of benzene rings is 3. The molecule has 1 aliphatic rings. The number of primary amides is 1. The van der Waals surface area contributed by atoms with Crippen LogP contribution < -0.4 is 27.0 Å². The van der Waals surface area contributed by atoms with Crippen LogP contribution >= 0.6 is 46.4 Å². The van der Waals surface area contributed by atoms with E-state index in [9.17, 15) is 9.90 Å². The second kappa shape index (κ2) is 13.3. The number of aliphatic imine (C=N–C) groups is 2. The lowest BCUT2D eigenvalue weighted by molar-refractivity contribution is -0.119. The number of rotatable bonds is 9. The molecule has 3 aromatic rings. The second-order valence-corrected chi connectivity index (χ2v) is 10.5. The normalized spacial score (nSPS) is 18.0. The first-order valence-corrected chi connectivity index (χ1v) is 13.7. The Morgan fingerprint density at radius 1 is 1.05 bits per heavy atom. The van der Waals surface area contributed by atoms with Gasteiger partial charge in [0.15, 0.2) is 0 Å². The SMILES string of the molecule is N#Cc1ccc(NC2=NC(Cc3c(Cl)cccc3Cl)(Nc3c(Cl)cccc3Cl)NC(=NC(CCO)C(N)=O)N2)cc1. The van der Waals surface area contributed by atoms with E-state index >= 15 is 0 Å². The highest BCUT2D eigenvalue weighted by molar-refractivity contribution is 6.39. The Labute approximate surface area is 256 Å². The molecule has 10 nitrogen and oxygen atoms in total. The summed E-state index contributed by atoms with van der Waals surface area (Å²) < 4.78 is 0. The van der Waals surface area contributed by atoms with Crippen molar-refractivity contribution in [2.45, 2.75) is 24.7 Å². The number of hydrogen-bond donors (Lipinski definition) is 6. The molecule has 0 aromatic heterocycles. The number of nitrogens with two attached hydrogens (primary N) is 1. The Kier molecular flexibility index (Phi) is 9.81. The monoisotopic (exact) mass is 632 g/mol. The van der Waals surface area contributed by atoms with E-state index in [-0.39, 0.29) is 31.4 Å². The van der Waals surface area contributed by atoms with Gasteiger partial charge in [0.05, 0.1) is 27.4 Å². The van der Waals surface area contributed by atoms with E-state index in [1.165, 1.54) is 0 Å². The summed E-state index contributed by atoms with van der Waals surface area (Å²) in [5.74, 6) is -1.93. The van der Waals surface area contributed by atoms with Gasteiger partial charge in [-0.3, -0.25) is 10.1 Å². The average Bonchev–Trinajstić information content (AvgIpc) is 2.93. The molecule has 2 atom stereocenters. The fourth-order valence-corrected chi connectivity index (χ4v) is 5.01. The molecule has 212 valence electrons. The zero-order valence-corrected chi connectivity index (χ0v) is 24.3.